The van der Waals surface area contributed by atoms with Crippen LogP contribution in [0, 0.1) is 0 Å². The maximum absolute atomic E-state index is 11.6. The van der Waals surface area contributed by atoms with Crippen LogP contribution in [0.4, 0.5) is 0 Å². The molecule has 5 heteroatoms. The lowest BCUT2D eigenvalue weighted by molar-refractivity contribution is 0.0679. The van der Waals surface area contributed by atoms with Crippen LogP contribution in [-0.2, 0) is 6.54 Å². The minimum Gasteiger partial charge on any atom is -0.389 e. The van der Waals surface area contributed by atoms with E-state index in [1.165, 1.54) is 0 Å². The van der Waals surface area contributed by atoms with Gasteiger partial charge in [-0.1, -0.05) is 18.2 Å². The van der Waals surface area contributed by atoms with Crippen LogP contribution in [-0.4, -0.2) is 34.6 Å². The highest BCUT2D eigenvalue weighted by Crippen LogP contribution is 2.23. The molecule has 1 amide bonds. The fourth-order valence-corrected chi connectivity index (χ4v) is 2.37. The van der Waals surface area contributed by atoms with Gasteiger partial charge in [0.25, 0.3) is 5.91 Å². The first-order chi connectivity index (χ1) is 8.52. The van der Waals surface area contributed by atoms with E-state index in [4.69, 9.17) is 5.84 Å². The van der Waals surface area contributed by atoms with Crippen molar-refractivity contribution in [3.05, 3.63) is 35.4 Å². The summed E-state index contributed by atoms with van der Waals surface area (Å²) < 4.78 is 0. The second kappa shape index (κ2) is 5.06. The molecule has 1 saturated heterocycles. The second-order valence-corrected chi connectivity index (χ2v) is 5.09. The summed E-state index contributed by atoms with van der Waals surface area (Å²) in [6, 6.07) is 7.38. The monoisotopic (exact) mass is 249 g/mol. The smallest absolute Gasteiger partial charge is 0.265 e. The number of aliphatic hydroxyl groups is 1. The van der Waals surface area contributed by atoms with Gasteiger partial charge in [0, 0.05) is 25.2 Å². The SMILES string of the molecule is CC1(O)CCN(Cc2ccccc2C(=O)NN)C1. The first kappa shape index (κ1) is 13.0. The molecule has 0 saturated carbocycles. The van der Waals surface area contributed by atoms with E-state index < -0.39 is 5.60 Å². The van der Waals surface area contributed by atoms with Crippen molar-refractivity contribution in [2.24, 2.45) is 5.84 Å². The van der Waals surface area contributed by atoms with Crippen LogP contribution >= 0.6 is 0 Å². The summed E-state index contributed by atoms with van der Waals surface area (Å²) in [6.07, 6.45) is 0.762. The van der Waals surface area contributed by atoms with Gasteiger partial charge < -0.3 is 5.11 Å². The minimum atomic E-state index is -0.620. The molecule has 1 aromatic rings. The molecule has 98 valence electrons. The normalized spacial score (nSPS) is 24.2. The largest absolute Gasteiger partial charge is 0.389 e. The van der Waals surface area contributed by atoms with Crippen LogP contribution in [0.15, 0.2) is 24.3 Å². The molecule has 1 aromatic carbocycles. The van der Waals surface area contributed by atoms with Gasteiger partial charge in [0.15, 0.2) is 0 Å². The lowest BCUT2D eigenvalue weighted by Gasteiger charge is -2.19. The number of benzene rings is 1. The van der Waals surface area contributed by atoms with Crippen LogP contribution in [0.1, 0.15) is 29.3 Å². The summed E-state index contributed by atoms with van der Waals surface area (Å²) in [5.41, 5.74) is 3.05. The molecule has 1 atom stereocenters. The number of hydrazine groups is 1. The second-order valence-electron chi connectivity index (χ2n) is 5.09. The quantitative estimate of drug-likeness (QED) is 0.407. The molecule has 1 unspecified atom stereocenters. The predicted molar refractivity (Wildman–Crippen MR) is 68.6 cm³/mol. The molecule has 0 bridgehead atoms. The van der Waals surface area contributed by atoms with Crippen molar-refractivity contribution in [1.82, 2.24) is 10.3 Å². The zero-order valence-corrected chi connectivity index (χ0v) is 10.5. The van der Waals surface area contributed by atoms with Gasteiger partial charge in [-0.2, -0.15) is 0 Å². The summed E-state index contributed by atoms with van der Waals surface area (Å²) in [6.45, 7) is 3.96. The summed E-state index contributed by atoms with van der Waals surface area (Å²) in [4.78, 5) is 13.8. The Balaban J connectivity index is 2.12. The highest BCUT2D eigenvalue weighted by molar-refractivity contribution is 5.95. The van der Waals surface area contributed by atoms with Crippen molar-refractivity contribution >= 4 is 5.91 Å². The number of carbonyl (C=O) groups is 1. The predicted octanol–water partition coefficient (Wildman–Crippen LogP) is 0.247. The summed E-state index contributed by atoms with van der Waals surface area (Å²) in [5, 5.41) is 9.93. The van der Waals surface area contributed by atoms with Crippen molar-refractivity contribution < 1.29 is 9.90 Å². The van der Waals surface area contributed by atoms with Crippen molar-refractivity contribution in [1.29, 1.82) is 0 Å². The van der Waals surface area contributed by atoms with E-state index in [1.54, 1.807) is 6.07 Å². The third kappa shape index (κ3) is 2.87. The molecule has 0 spiro atoms. The highest BCUT2D eigenvalue weighted by Gasteiger charge is 2.31. The van der Waals surface area contributed by atoms with Gasteiger partial charge in [-0.25, -0.2) is 5.84 Å². The molecule has 1 aliphatic heterocycles. The standard InChI is InChI=1S/C13H19N3O2/c1-13(18)6-7-16(9-13)8-10-4-2-3-5-11(10)12(17)15-14/h2-5,18H,6-9,14H2,1H3,(H,15,17). The van der Waals surface area contributed by atoms with E-state index in [0.717, 1.165) is 18.5 Å². The van der Waals surface area contributed by atoms with Gasteiger partial charge in [-0.3, -0.25) is 15.1 Å². The lowest BCUT2D eigenvalue weighted by atomic mass is 10.1. The first-order valence-corrected chi connectivity index (χ1v) is 6.05. The molecule has 0 radical (unpaired) electrons. The Morgan fingerprint density at radius 1 is 1.56 bits per heavy atom. The number of nitrogens with zero attached hydrogens (tertiary/aromatic N) is 1. The van der Waals surface area contributed by atoms with Gasteiger partial charge in [-0.05, 0) is 25.0 Å². The van der Waals surface area contributed by atoms with Crippen LogP contribution in [0.2, 0.25) is 0 Å². The van der Waals surface area contributed by atoms with E-state index in [0.29, 0.717) is 18.7 Å². The molecular weight excluding hydrogens is 230 g/mol. The molecule has 4 N–H and O–H groups in total. The summed E-state index contributed by atoms with van der Waals surface area (Å²) >= 11 is 0. The number of likely N-dealkylation sites (tertiary alicyclic amines) is 1. The zero-order chi connectivity index (χ0) is 13.2. The molecule has 1 heterocycles. The lowest BCUT2D eigenvalue weighted by Crippen LogP contribution is -2.32. The van der Waals surface area contributed by atoms with Gasteiger partial charge >= 0.3 is 0 Å². The highest BCUT2D eigenvalue weighted by atomic mass is 16.3. The van der Waals surface area contributed by atoms with E-state index in [1.807, 2.05) is 25.1 Å². The number of carbonyl (C=O) groups excluding carboxylic acids is 1. The number of amides is 1. The third-order valence-corrected chi connectivity index (χ3v) is 3.32. The molecule has 2 rings (SSSR count). The Morgan fingerprint density at radius 3 is 2.89 bits per heavy atom. The van der Waals surface area contributed by atoms with Crippen molar-refractivity contribution in [3.8, 4) is 0 Å². The van der Waals surface area contributed by atoms with Gasteiger partial charge in [0.05, 0.1) is 5.60 Å². The van der Waals surface area contributed by atoms with E-state index in [-0.39, 0.29) is 5.91 Å². The Labute approximate surface area is 107 Å². The first-order valence-electron chi connectivity index (χ1n) is 6.05. The Bertz CT molecular complexity index is 446. The van der Waals surface area contributed by atoms with Crippen molar-refractivity contribution in [3.63, 3.8) is 0 Å². The van der Waals surface area contributed by atoms with Crippen molar-refractivity contribution in [2.45, 2.75) is 25.5 Å². The number of rotatable bonds is 3. The van der Waals surface area contributed by atoms with E-state index >= 15 is 0 Å². The topological polar surface area (TPSA) is 78.6 Å². The molecule has 0 aromatic heterocycles. The van der Waals surface area contributed by atoms with Crippen LogP contribution in [0.5, 0.6) is 0 Å². The van der Waals surface area contributed by atoms with E-state index in [2.05, 4.69) is 10.3 Å². The van der Waals surface area contributed by atoms with Crippen LogP contribution in [0.3, 0.4) is 0 Å². The number of nitrogens with two attached hydrogens (primary N) is 1. The zero-order valence-electron chi connectivity index (χ0n) is 10.5. The number of hydrogen-bond donors (Lipinski definition) is 3. The average molecular weight is 249 g/mol. The van der Waals surface area contributed by atoms with Crippen molar-refractivity contribution in [2.75, 3.05) is 13.1 Å². The van der Waals surface area contributed by atoms with E-state index in [9.17, 15) is 9.90 Å². The van der Waals surface area contributed by atoms with Gasteiger partial charge in [0.2, 0.25) is 0 Å². The fourth-order valence-electron chi connectivity index (χ4n) is 2.37. The molecule has 18 heavy (non-hydrogen) atoms. The molecular formula is C13H19N3O2. The number of nitrogen functional groups attached to an aromatic ring is 1. The van der Waals surface area contributed by atoms with Gasteiger partial charge in [0.1, 0.15) is 0 Å². The van der Waals surface area contributed by atoms with Crippen LogP contribution in [0.25, 0.3) is 0 Å². The summed E-state index contributed by atoms with van der Waals surface area (Å²) in [5.74, 6) is 4.89. The number of hydrogen-bond acceptors (Lipinski definition) is 4. The Morgan fingerprint density at radius 2 is 2.28 bits per heavy atom. The average Bonchev–Trinajstić information content (AvgIpc) is 2.68. The summed E-state index contributed by atoms with van der Waals surface area (Å²) in [7, 11) is 0. The molecule has 0 aliphatic carbocycles. The van der Waals surface area contributed by atoms with Gasteiger partial charge in [-0.15, -0.1) is 0 Å². The maximum atomic E-state index is 11.6. The number of β-amino-alcohol motifs (C(OH)–C–C–N with tert-alkyl or cyclic N) is 1. The minimum absolute atomic E-state index is 0.281. The molecule has 1 aliphatic rings. The molecule has 5 nitrogen and oxygen atoms in total. The Kier molecular flexibility index (Phi) is 3.65. The number of nitrogens with one attached hydrogen (secondary N) is 1. The Hall–Kier alpha value is -1.43. The van der Waals surface area contributed by atoms with Crippen LogP contribution < -0.4 is 11.3 Å². The third-order valence-electron chi connectivity index (χ3n) is 3.32. The fraction of sp³-hybridized carbons (Fsp3) is 0.462. The maximum Gasteiger partial charge on any atom is 0.265 e. The molecule has 1 fully saturated rings.